The Morgan fingerprint density at radius 3 is 2.81 bits per heavy atom. The van der Waals surface area contributed by atoms with Crippen molar-refractivity contribution in [2.75, 3.05) is 0 Å². The van der Waals surface area contributed by atoms with Crippen molar-refractivity contribution in [1.29, 1.82) is 0 Å². The van der Waals surface area contributed by atoms with Crippen LogP contribution in [0.15, 0.2) is 17.5 Å². The smallest absolute Gasteiger partial charge is 0.326 e. The predicted octanol–water partition coefficient (Wildman–Crippen LogP) is 1.66. The highest BCUT2D eigenvalue weighted by Gasteiger charge is 2.17. The number of carboxylic acid groups (broad SMARTS) is 1. The van der Waals surface area contributed by atoms with Crippen molar-refractivity contribution in [3.8, 4) is 0 Å². The van der Waals surface area contributed by atoms with Crippen molar-refractivity contribution in [2.45, 2.75) is 32.2 Å². The third-order valence-corrected chi connectivity index (χ3v) is 3.16. The van der Waals surface area contributed by atoms with Gasteiger partial charge in [0.05, 0.1) is 0 Å². The number of aliphatic carboxylic acids is 1. The molecule has 1 atom stereocenters. The highest BCUT2D eigenvalue weighted by atomic mass is 32.1. The van der Waals surface area contributed by atoms with E-state index in [4.69, 9.17) is 5.11 Å². The Kier molecular flexibility index (Phi) is 4.98. The molecule has 4 nitrogen and oxygen atoms in total. The maximum Gasteiger partial charge on any atom is 0.326 e. The molecule has 1 amide bonds. The van der Waals surface area contributed by atoms with Crippen LogP contribution in [0.3, 0.4) is 0 Å². The first-order chi connectivity index (χ1) is 7.63. The molecule has 88 valence electrons. The van der Waals surface area contributed by atoms with E-state index in [2.05, 4.69) is 5.32 Å². The van der Waals surface area contributed by atoms with E-state index in [-0.39, 0.29) is 5.91 Å². The molecule has 0 radical (unpaired) electrons. The standard InChI is InChI=1S/C11H15NO3S/c1-2-9(11(14)15)12-10(13)6-5-8-4-3-7-16-8/h3-4,7,9H,2,5-6H2,1H3,(H,12,13)(H,14,15). The van der Waals surface area contributed by atoms with Crippen LogP contribution < -0.4 is 5.32 Å². The van der Waals surface area contributed by atoms with Gasteiger partial charge in [0.2, 0.25) is 5.91 Å². The molecule has 0 aromatic carbocycles. The van der Waals surface area contributed by atoms with E-state index in [1.165, 1.54) is 0 Å². The van der Waals surface area contributed by atoms with Crippen molar-refractivity contribution in [1.82, 2.24) is 5.32 Å². The maximum absolute atomic E-state index is 11.4. The SMILES string of the molecule is CCC(NC(=O)CCc1cccs1)C(=O)O. The van der Waals surface area contributed by atoms with Crippen LogP contribution in [0.1, 0.15) is 24.6 Å². The molecule has 1 heterocycles. The molecule has 1 unspecified atom stereocenters. The number of aryl methyl sites for hydroxylation is 1. The summed E-state index contributed by atoms with van der Waals surface area (Å²) in [5, 5.41) is 13.2. The number of carbonyl (C=O) groups excluding carboxylic acids is 1. The molecule has 0 saturated heterocycles. The Labute approximate surface area is 98.3 Å². The number of carboxylic acids is 1. The number of hydrogen-bond acceptors (Lipinski definition) is 3. The molecule has 16 heavy (non-hydrogen) atoms. The zero-order valence-electron chi connectivity index (χ0n) is 9.10. The summed E-state index contributed by atoms with van der Waals surface area (Å²) in [5.74, 6) is -1.19. The lowest BCUT2D eigenvalue weighted by Crippen LogP contribution is -2.40. The molecule has 0 aliphatic heterocycles. The minimum absolute atomic E-state index is 0.206. The summed E-state index contributed by atoms with van der Waals surface area (Å²) in [6.45, 7) is 1.73. The van der Waals surface area contributed by atoms with Crippen LogP contribution in [-0.4, -0.2) is 23.0 Å². The normalized spacial score (nSPS) is 12.1. The van der Waals surface area contributed by atoms with E-state index >= 15 is 0 Å². The van der Waals surface area contributed by atoms with Gasteiger partial charge in [-0.3, -0.25) is 4.79 Å². The minimum Gasteiger partial charge on any atom is -0.480 e. The summed E-state index contributed by atoms with van der Waals surface area (Å²) in [6, 6.07) is 3.13. The Hall–Kier alpha value is -1.36. The summed E-state index contributed by atoms with van der Waals surface area (Å²) in [5.41, 5.74) is 0. The van der Waals surface area contributed by atoms with E-state index in [9.17, 15) is 9.59 Å². The molecule has 0 spiro atoms. The number of nitrogens with one attached hydrogen (secondary N) is 1. The fourth-order valence-corrected chi connectivity index (χ4v) is 2.01. The van der Waals surface area contributed by atoms with Gasteiger partial charge in [0, 0.05) is 11.3 Å². The summed E-state index contributed by atoms with van der Waals surface area (Å²) in [4.78, 5) is 23.3. The van der Waals surface area contributed by atoms with Gasteiger partial charge in [0.15, 0.2) is 0 Å². The fraction of sp³-hybridized carbons (Fsp3) is 0.455. The topological polar surface area (TPSA) is 66.4 Å². The van der Waals surface area contributed by atoms with E-state index in [1.54, 1.807) is 18.3 Å². The first kappa shape index (κ1) is 12.7. The Morgan fingerprint density at radius 2 is 2.31 bits per heavy atom. The van der Waals surface area contributed by atoms with E-state index < -0.39 is 12.0 Å². The maximum atomic E-state index is 11.4. The van der Waals surface area contributed by atoms with Crippen molar-refractivity contribution < 1.29 is 14.7 Å². The molecule has 0 aliphatic rings. The number of carbonyl (C=O) groups is 2. The second kappa shape index (κ2) is 6.27. The number of hydrogen-bond donors (Lipinski definition) is 2. The first-order valence-electron chi connectivity index (χ1n) is 5.18. The zero-order chi connectivity index (χ0) is 12.0. The van der Waals surface area contributed by atoms with Gasteiger partial charge < -0.3 is 10.4 Å². The van der Waals surface area contributed by atoms with Crippen molar-refractivity contribution in [2.24, 2.45) is 0 Å². The van der Waals surface area contributed by atoms with Gasteiger partial charge in [-0.25, -0.2) is 4.79 Å². The summed E-state index contributed by atoms with van der Waals surface area (Å²) in [6.07, 6.45) is 1.41. The van der Waals surface area contributed by atoms with Crippen LogP contribution in [0, 0.1) is 0 Å². The molecule has 0 bridgehead atoms. The molecule has 1 aromatic heterocycles. The summed E-state index contributed by atoms with van der Waals surface area (Å²) >= 11 is 1.60. The number of amides is 1. The van der Waals surface area contributed by atoms with Crippen LogP contribution >= 0.6 is 11.3 Å². The Balaban J connectivity index is 2.33. The zero-order valence-corrected chi connectivity index (χ0v) is 9.92. The van der Waals surface area contributed by atoms with Crippen molar-refractivity contribution in [3.05, 3.63) is 22.4 Å². The Morgan fingerprint density at radius 1 is 1.56 bits per heavy atom. The van der Waals surface area contributed by atoms with Gasteiger partial charge in [0.1, 0.15) is 6.04 Å². The van der Waals surface area contributed by atoms with E-state index in [0.29, 0.717) is 19.3 Å². The molecule has 0 saturated carbocycles. The minimum atomic E-state index is -0.980. The lowest BCUT2D eigenvalue weighted by atomic mass is 10.2. The fourth-order valence-electron chi connectivity index (χ4n) is 1.30. The largest absolute Gasteiger partial charge is 0.480 e. The predicted molar refractivity (Wildman–Crippen MR) is 62.5 cm³/mol. The van der Waals surface area contributed by atoms with Crippen LogP contribution in [0.2, 0.25) is 0 Å². The molecular formula is C11H15NO3S. The monoisotopic (exact) mass is 241 g/mol. The van der Waals surface area contributed by atoms with Gasteiger partial charge >= 0.3 is 5.97 Å². The van der Waals surface area contributed by atoms with Crippen LogP contribution in [0.5, 0.6) is 0 Å². The number of thiophene rings is 1. The molecule has 1 rings (SSSR count). The molecule has 0 fully saturated rings. The van der Waals surface area contributed by atoms with E-state index in [1.807, 2.05) is 17.5 Å². The number of rotatable bonds is 6. The van der Waals surface area contributed by atoms with Crippen molar-refractivity contribution in [3.63, 3.8) is 0 Å². The van der Waals surface area contributed by atoms with Gasteiger partial charge in [0.25, 0.3) is 0 Å². The Bertz CT molecular complexity index is 348. The second-order valence-corrected chi connectivity index (χ2v) is 4.48. The highest BCUT2D eigenvalue weighted by molar-refractivity contribution is 7.09. The third kappa shape index (κ3) is 4.02. The second-order valence-electron chi connectivity index (χ2n) is 3.45. The van der Waals surface area contributed by atoms with Gasteiger partial charge in [-0.05, 0) is 24.3 Å². The quantitative estimate of drug-likeness (QED) is 0.796. The average Bonchev–Trinajstić information content (AvgIpc) is 2.75. The molecular weight excluding hydrogens is 226 g/mol. The van der Waals surface area contributed by atoms with Crippen LogP contribution in [-0.2, 0) is 16.0 Å². The lowest BCUT2D eigenvalue weighted by molar-refractivity contribution is -0.141. The average molecular weight is 241 g/mol. The van der Waals surface area contributed by atoms with Gasteiger partial charge in [-0.2, -0.15) is 0 Å². The lowest BCUT2D eigenvalue weighted by Gasteiger charge is -2.11. The van der Waals surface area contributed by atoms with Crippen molar-refractivity contribution >= 4 is 23.2 Å². The summed E-state index contributed by atoms with van der Waals surface area (Å²) < 4.78 is 0. The summed E-state index contributed by atoms with van der Waals surface area (Å²) in [7, 11) is 0. The van der Waals surface area contributed by atoms with Gasteiger partial charge in [-0.15, -0.1) is 11.3 Å². The third-order valence-electron chi connectivity index (χ3n) is 2.22. The molecule has 1 aromatic rings. The van der Waals surface area contributed by atoms with Gasteiger partial charge in [-0.1, -0.05) is 13.0 Å². The molecule has 2 N–H and O–H groups in total. The van der Waals surface area contributed by atoms with Crippen LogP contribution in [0.25, 0.3) is 0 Å². The van der Waals surface area contributed by atoms with E-state index in [0.717, 1.165) is 4.88 Å². The first-order valence-corrected chi connectivity index (χ1v) is 6.06. The molecule has 0 aliphatic carbocycles. The van der Waals surface area contributed by atoms with Crippen LogP contribution in [0.4, 0.5) is 0 Å². The molecule has 5 heteroatoms. The highest BCUT2D eigenvalue weighted by Crippen LogP contribution is 2.10.